The number of carbonyl (C=O) groups excluding carboxylic acids is 1. The van der Waals surface area contributed by atoms with Crippen LogP contribution in [0.5, 0.6) is 11.5 Å². The summed E-state index contributed by atoms with van der Waals surface area (Å²) >= 11 is 5.22. The van der Waals surface area contributed by atoms with Crippen LogP contribution in [0.15, 0.2) is 60.7 Å². The fraction of sp³-hybridized carbons (Fsp3) is 0.238. The molecule has 0 saturated heterocycles. The summed E-state index contributed by atoms with van der Waals surface area (Å²) in [6, 6.07) is 14.3. The SMILES string of the molecule is C=C(C)COc1cccc(NC(=S)NC(=O)c2ccc(OCCC)cc2)c1. The van der Waals surface area contributed by atoms with E-state index in [9.17, 15) is 4.79 Å². The molecule has 0 fully saturated rings. The molecular weight excluding hydrogens is 360 g/mol. The molecule has 0 heterocycles. The lowest BCUT2D eigenvalue weighted by Crippen LogP contribution is -2.34. The van der Waals surface area contributed by atoms with Crippen molar-refractivity contribution in [1.82, 2.24) is 5.32 Å². The van der Waals surface area contributed by atoms with Gasteiger partial charge in [0.05, 0.1) is 6.61 Å². The molecular formula is C21H24N2O3S. The van der Waals surface area contributed by atoms with E-state index < -0.39 is 0 Å². The zero-order valence-corrected chi connectivity index (χ0v) is 16.4. The van der Waals surface area contributed by atoms with E-state index in [0.717, 1.165) is 23.4 Å². The molecule has 0 saturated carbocycles. The molecule has 2 N–H and O–H groups in total. The van der Waals surface area contributed by atoms with Gasteiger partial charge in [0.15, 0.2) is 5.11 Å². The van der Waals surface area contributed by atoms with E-state index in [1.807, 2.05) is 32.0 Å². The van der Waals surface area contributed by atoms with Gasteiger partial charge >= 0.3 is 0 Å². The maximum absolute atomic E-state index is 12.3. The number of anilines is 1. The Morgan fingerprint density at radius 2 is 1.85 bits per heavy atom. The molecule has 0 bridgehead atoms. The molecule has 1 amide bonds. The zero-order valence-electron chi connectivity index (χ0n) is 15.6. The maximum atomic E-state index is 12.3. The highest BCUT2D eigenvalue weighted by Gasteiger charge is 2.08. The summed E-state index contributed by atoms with van der Waals surface area (Å²) in [6.45, 7) is 8.84. The van der Waals surface area contributed by atoms with Gasteiger partial charge in [-0.3, -0.25) is 10.1 Å². The number of benzene rings is 2. The van der Waals surface area contributed by atoms with E-state index in [1.165, 1.54) is 0 Å². The van der Waals surface area contributed by atoms with E-state index in [0.29, 0.717) is 24.5 Å². The van der Waals surface area contributed by atoms with Crippen molar-refractivity contribution >= 4 is 28.9 Å². The topological polar surface area (TPSA) is 59.6 Å². The van der Waals surface area contributed by atoms with Crippen LogP contribution in [0.4, 0.5) is 5.69 Å². The lowest BCUT2D eigenvalue weighted by Gasteiger charge is -2.12. The van der Waals surface area contributed by atoms with E-state index >= 15 is 0 Å². The first-order valence-corrected chi connectivity index (χ1v) is 9.11. The van der Waals surface area contributed by atoms with Crippen molar-refractivity contribution in [3.63, 3.8) is 0 Å². The third-order valence-corrected chi connectivity index (χ3v) is 3.60. The molecule has 27 heavy (non-hydrogen) atoms. The van der Waals surface area contributed by atoms with Crippen LogP contribution in [0.3, 0.4) is 0 Å². The number of ether oxygens (including phenoxy) is 2. The first-order valence-electron chi connectivity index (χ1n) is 8.70. The van der Waals surface area contributed by atoms with Crippen LogP contribution in [-0.4, -0.2) is 24.2 Å². The summed E-state index contributed by atoms with van der Waals surface area (Å²) in [5.74, 6) is 1.14. The first-order chi connectivity index (χ1) is 13.0. The van der Waals surface area contributed by atoms with Gasteiger partial charge in [0.1, 0.15) is 18.1 Å². The second-order valence-corrected chi connectivity index (χ2v) is 6.46. The molecule has 6 heteroatoms. The molecule has 2 aromatic carbocycles. The molecule has 2 rings (SSSR count). The van der Waals surface area contributed by atoms with Crippen LogP contribution >= 0.6 is 12.2 Å². The van der Waals surface area contributed by atoms with Crippen molar-refractivity contribution in [2.45, 2.75) is 20.3 Å². The monoisotopic (exact) mass is 384 g/mol. The largest absolute Gasteiger partial charge is 0.494 e. The third-order valence-electron chi connectivity index (χ3n) is 3.39. The average molecular weight is 385 g/mol. The van der Waals surface area contributed by atoms with Gasteiger partial charge in [-0.25, -0.2) is 0 Å². The van der Waals surface area contributed by atoms with E-state index in [1.54, 1.807) is 30.3 Å². The van der Waals surface area contributed by atoms with Crippen molar-refractivity contribution in [2.24, 2.45) is 0 Å². The molecule has 0 aromatic heterocycles. The van der Waals surface area contributed by atoms with Crippen molar-refractivity contribution in [3.8, 4) is 11.5 Å². The van der Waals surface area contributed by atoms with E-state index in [2.05, 4.69) is 17.2 Å². The number of thiocarbonyl (C=S) groups is 1. The fourth-order valence-electron chi connectivity index (χ4n) is 2.13. The summed E-state index contributed by atoms with van der Waals surface area (Å²) < 4.78 is 11.1. The Bertz CT molecular complexity index is 803. The van der Waals surface area contributed by atoms with Crippen molar-refractivity contribution in [1.29, 1.82) is 0 Å². The third kappa shape index (κ3) is 7.11. The van der Waals surface area contributed by atoms with Crippen molar-refractivity contribution in [2.75, 3.05) is 18.5 Å². The predicted octanol–water partition coefficient (Wildman–Crippen LogP) is 4.56. The highest BCUT2D eigenvalue weighted by molar-refractivity contribution is 7.80. The predicted molar refractivity (Wildman–Crippen MR) is 113 cm³/mol. The fourth-order valence-corrected chi connectivity index (χ4v) is 2.34. The summed E-state index contributed by atoms with van der Waals surface area (Å²) in [5, 5.41) is 5.86. The minimum absolute atomic E-state index is 0.211. The lowest BCUT2D eigenvalue weighted by atomic mass is 10.2. The van der Waals surface area contributed by atoms with E-state index in [-0.39, 0.29) is 11.0 Å². The normalized spacial score (nSPS) is 10.0. The molecule has 142 valence electrons. The minimum Gasteiger partial charge on any atom is -0.494 e. The second kappa shape index (κ2) is 10.3. The first kappa shape index (κ1) is 20.5. The van der Waals surface area contributed by atoms with E-state index in [4.69, 9.17) is 21.7 Å². The minimum atomic E-state index is -0.288. The van der Waals surface area contributed by atoms with Gasteiger partial charge in [0.2, 0.25) is 0 Å². The van der Waals surface area contributed by atoms with Crippen LogP contribution in [-0.2, 0) is 0 Å². The van der Waals surface area contributed by atoms with Crippen LogP contribution in [0.1, 0.15) is 30.6 Å². The Morgan fingerprint density at radius 3 is 2.52 bits per heavy atom. The number of hydrogen-bond donors (Lipinski definition) is 2. The Hall–Kier alpha value is -2.86. The maximum Gasteiger partial charge on any atom is 0.257 e. The Kier molecular flexibility index (Phi) is 7.82. The quantitative estimate of drug-likeness (QED) is 0.516. The smallest absolute Gasteiger partial charge is 0.257 e. The number of nitrogens with one attached hydrogen (secondary N) is 2. The highest BCUT2D eigenvalue weighted by atomic mass is 32.1. The van der Waals surface area contributed by atoms with Crippen LogP contribution in [0.25, 0.3) is 0 Å². The number of hydrogen-bond acceptors (Lipinski definition) is 4. The van der Waals surface area contributed by atoms with Gasteiger partial charge < -0.3 is 14.8 Å². The number of amides is 1. The molecule has 2 aromatic rings. The van der Waals surface area contributed by atoms with Gasteiger partial charge in [-0.15, -0.1) is 0 Å². The Balaban J connectivity index is 1.90. The molecule has 0 aliphatic rings. The summed E-state index contributed by atoms with van der Waals surface area (Å²) in [6.07, 6.45) is 0.932. The second-order valence-electron chi connectivity index (χ2n) is 6.05. The highest BCUT2D eigenvalue weighted by Crippen LogP contribution is 2.18. The Morgan fingerprint density at radius 1 is 1.11 bits per heavy atom. The average Bonchev–Trinajstić information content (AvgIpc) is 2.65. The van der Waals surface area contributed by atoms with Crippen molar-refractivity contribution < 1.29 is 14.3 Å². The van der Waals surface area contributed by atoms with Crippen LogP contribution in [0.2, 0.25) is 0 Å². The van der Waals surface area contributed by atoms with Crippen molar-refractivity contribution in [3.05, 3.63) is 66.2 Å². The van der Waals surface area contributed by atoms with Gasteiger partial charge in [-0.1, -0.05) is 19.6 Å². The molecule has 0 radical (unpaired) electrons. The molecule has 0 unspecified atom stereocenters. The molecule has 0 aliphatic carbocycles. The zero-order chi connectivity index (χ0) is 19.6. The number of carbonyl (C=O) groups is 1. The molecule has 0 aliphatic heterocycles. The molecule has 5 nitrogen and oxygen atoms in total. The van der Waals surface area contributed by atoms with Gasteiger partial charge in [0, 0.05) is 17.3 Å². The molecule has 0 spiro atoms. The van der Waals surface area contributed by atoms with Gasteiger partial charge in [0.25, 0.3) is 5.91 Å². The van der Waals surface area contributed by atoms with Crippen LogP contribution in [0, 0.1) is 0 Å². The Labute approximate surface area is 165 Å². The van der Waals surface area contributed by atoms with Gasteiger partial charge in [-0.2, -0.15) is 0 Å². The number of rotatable bonds is 8. The van der Waals surface area contributed by atoms with Gasteiger partial charge in [-0.05, 0) is 67.5 Å². The summed E-state index contributed by atoms with van der Waals surface area (Å²) in [4.78, 5) is 12.3. The summed E-state index contributed by atoms with van der Waals surface area (Å²) in [7, 11) is 0. The lowest BCUT2D eigenvalue weighted by molar-refractivity contribution is 0.0977. The van der Waals surface area contributed by atoms with Crippen LogP contribution < -0.4 is 20.1 Å². The summed E-state index contributed by atoms with van der Waals surface area (Å²) in [5.41, 5.74) is 2.16. The standard InChI is InChI=1S/C21H24N2O3S/c1-4-12-25-18-10-8-16(9-11-18)20(24)23-21(27)22-17-6-5-7-19(13-17)26-14-15(2)3/h5-11,13H,2,4,12,14H2,1,3H3,(H2,22,23,24,27). The molecule has 0 atom stereocenters.